The standard InChI is InChI=1S/C17H26N2O/c1-14(2)20-17-8-6-15(7-9-17)19-12-11-18-10-4-3-5-16(18)13-19/h6-9,14,16H,3-5,10-13H2,1-2H3. The smallest absolute Gasteiger partial charge is 0.119 e. The van der Waals surface area contributed by atoms with Crippen molar-refractivity contribution in [1.82, 2.24) is 4.90 Å². The van der Waals surface area contributed by atoms with Gasteiger partial charge >= 0.3 is 0 Å². The van der Waals surface area contributed by atoms with E-state index in [-0.39, 0.29) is 6.10 Å². The molecule has 0 aromatic heterocycles. The Kier molecular flexibility index (Phi) is 4.16. The molecule has 2 aliphatic rings. The van der Waals surface area contributed by atoms with Gasteiger partial charge in [0.2, 0.25) is 0 Å². The lowest BCUT2D eigenvalue weighted by molar-refractivity contribution is 0.133. The first-order valence-corrected chi connectivity index (χ1v) is 7.98. The van der Waals surface area contributed by atoms with E-state index in [2.05, 4.69) is 47.9 Å². The van der Waals surface area contributed by atoms with Gasteiger partial charge in [-0.3, -0.25) is 4.90 Å². The number of piperazine rings is 1. The summed E-state index contributed by atoms with van der Waals surface area (Å²) >= 11 is 0. The Hall–Kier alpha value is -1.22. The van der Waals surface area contributed by atoms with Gasteiger partial charge in [0.1, 0.15) is 5.75 Å². The van der Waals surface area contributed by atoms with Crippen molar-refractivity contribution >= 4 is 5.69 Å². The molecule has 0 amide bonds. The van der Waals surface area contributed by atoms with E-state index >= 15 is 0 Å². The van der Waals surface area contributed by atoms with E-state index in [9.17, 15) is 0 Å². The Balaban J connectivity index is 1.64. The fraction of sp³-hybridized carbons (Fsp3) is 0.647. The van der Waals surface area contributed by atoms with Crippen molar-refractivity contribution in [3.8, 4) is 5.75 Å². The molecule has 0 aliphatic carbocycles. The molecule has 1 aromatic carbocycles. The first-order valence-electron chi connectivity index (χ1n) is 7.98. The molecular formula is C17H26N2O. The molecule has 3 nitrogen and oxygen atoms in total. The Labute approximate surface area is 122 Å². The fourth-order valence-electron chi connectivity index (χ4n) is 3.40. The summed E-state index contributed by atoms with van der Waals surface area (Å²) in [6.07, 6.45) is 4.39. The molecule has 2 heterocycles. The molecule has 0 saturated carbocycles. The zero-order valence-corrected chi connectivity index (χ0v) is 12.7. The minimum Gasteiger partial charge on any atom is -0.491 e. The van der Waals surface area contributed by atoms with Gasteiger partial charge < -0.3 is 9.64 Å². The molecule has 3 rings (SSSR count). The van der Waals surface area contributed by atoms with Gasteiger partial charge in [-0.25, -0.2) is 0 Å². The fourth-order valence-corrected chi connectivity index (χ4v) is 3.40. The maximum Gasteiger partial charge on any atom is 0.119 e. The molecule has 1 unspecified atom stereocenters. The summed E-state index contributed by atoms with van der Waals surface area (Å²) in [5, 5.41) is 0. The van der Waals surface area contributed by atoms with E-state index in [1.807, 2.05) is 0 Å². The predicted octanol–water partition coefficient (Wildman–Crippen LogP) is 3.15. The molecule has 0 spiro atoms. The van der Waals surface area contributed by atoms with Gasteiger partial charge in [0.25, 0.3) is 0 Å². The summed E-state index contributed by atoms with van der Waals surface area (Å²) in [5.41, 5.74) is 1.34. The van der Waals surface area contributed by atoms with Gasteiger partial charge in [-0.1, -0.05) is 6.42 Å². The average molecular weight is 274 g/mol. The quantitative estimate of drug-likeness (QED) is 0.842. The number of rotatable bonds is 3. The van der Waals surface area contributed by atoms with E-state index < -0.39 is 0 Å². The third-order valence-electron chi connectivity index (χ3n) is 4.41. The normalized spacial score (nSPS) is 23.8. The average Bonchev–Trinajstić information content (AvgIpc) is 2.47. The zero-order chi connectivity index (χ0) is 13.9. The number of hydrogen-bond acceptors (Lipinski definition) is 3. The van der Waals surface area contributed by atoms with E-state index in [4.69, 9.17) is 4.74 Å². The Morgan fingerprint density at radius 2 is 1.85 bits per heavy atom. The minimum absolute atomic E-state index is 0.242. The van der Waals surface area contributed by atoms with Crippen molar-refractivity contribution in [3.63, 3.8) is 0 Å². The lowest BCUT2D eigenvalue weighted by Crippen LogP contribution is -2.54. The molecular weight excluding hydrogens is 248 g/mol. The number of ether oxygens (including phenoxy) is 1. The van der Waals surface area contributed by atoms with Crippen molar-refractivity contribution in [2.75, 3.05) is 31.1 Å². The molecule has 3 heteroatoms. The molecule has 0 bridgehead atoms. The monoisotopic (exact) mass is 274 g/mol. The summed E-state index contributed by atoms with van der Waals surface area (Å²) in [5.74, 6) is 0.972. The van der Waals surface area contributed by atoms with Crippen LogP contribution in [0.3, 0.4) is 0 Å². The molecule has 110 valence electrons. The second-order valence-corrected chi connectivity index (χ2v) is 6.29. The third kappa shape index (κ3) is 3.09. The van der Waals surface area contributed by atoms with E-state index in [1.54, 1.807) is 0 Å². The molecule has 0 radical (unpaired) electrons. The first kappa shape index (κ1) is 13.7. The van der Waals surface area contributed by atoms with Crippen molar-refractivity contribution in [2.45, 2.75) is 45.3 Å². The van der Waals surface area contributed by atoms with Gasteiger partial charge in [0, 0.05) is 31.4 Å². The summed E-state index contributed by atoms with van der Waals surface area (Å²) in [6, 6.07) is 9.38. The minimum atomic E-state index is 0.242. The second-order valence-electron chi connectivity index (χ2n) is 6.29. The molecule has 2 fully saturated rings. The molecule has 0 N–H and O–H groups in total. The number of hydrogen-bond donors (Lipinski definition) is 0. The number of fused-ring (bicyclic) bond motifs is 1. The van der Waals surface area contributed by atoms with Crippen LogP contribution in [-0.4, -0.2) is 43.2 Å². The molecule has 1 atom stereocenters. The molecule has 20 heavy (non-hydrogen) atoms. The van der Waals surface area contributed by atoms with Crippen LogP contribution in [-0.2, 0) is 0 Å². The highest BCUT2D eigenvalue weighted by Gasteiger charge is 2.28. The van der Waals surface area contributed by atoms with Crippen LogP contribution >= 0.6 is 0 Å². The van der Waals surface area contributed by atoms with Crippen LogP contribution < -0.4 is 9.64 Å². The number of anilines is 1. The van der Waals surface area contributed by atoms with Crippen molar-refractivity contribution < 1.29 is 4.74 Å². The van der Waals surface area contributed by atoms with Gasteiger partial charge in [-0.2, -0.15) is 0 Å². The van der Waals surface area contributed by atoms with E-state index in [0.29, 0.717) is 0 Å². The van der Waals surface area contributed by atoms with Gasteiger partial charge in [-0.15, -0.1) is 0 Å². The van der Waals surface area contributed by atoms with E-state index in [0.717, 1.165) is 18.3 Å². The first-order chi connectivity index (χ1) is 9.72. The number of nitrogens with zero attached hydrogens (tertiary/aromatic N) is 2. The largest absolute Gasteiger partial charge is 0.491 e. The summed E-state index contributed by atoms with van der Waals surface area (Å²) < 4.78 is 5.72. The maximum atomic E-state index is 5.72. The van der Waals surface area contributed by atoms with Crippen LogP contribution in [0, 0.1) is 0 Å². The Bertz CT molecular complexity index is 429. The van der Waals surface area contributed by atoms with Crippen LogP contribution in [0.4, 0.5) is 5.69 Å². The lowest BCUT2D eigenvalue weighted by Gasteiger charge is -2.45. The Morgan fingerprint density at radius 1 is 1.05 bits per heavy atom. The summed E-state index contributed by atoms with van der Waals surface area (Å²) in [6.45, 7) is 8.99. The number of piperidine rings is 1. The van der Waals surface area contributed by atoms with Crippen LogP contribution in [0.25, 0.3) is 0 Å². The van der Waals surface area contributed by atoms with Crippen molar-refractivity contribution in [3.05, 3.63) is 24.3 Å². The second kappa shape index (κ2) is 6.04. The highest BCUT2D eigenvalue weighted by Crippen LogP contribution is 2.26. The number of benzene rings is 1. The highest BCUT2D eigenvalue weighted by atomic mass is 16.5. The molecule has 2 saturated heterocycles. The zero-order valence-electron chi connectivity index (χ0n) is 12.7. The van der Waals surface area contributed by atoms with Crippen LogP contribution in [0.2, 0.25) is 0 Å². The van der Waals surface area contributed by atoms with Gasteiger partial charge in [0.05, 0.1) is 6.10 Å². The highest BCUT2D eigenvalue weighted by molar-refractivity contribution is 5.49. The topological polar surface area (TPSA) is 15.7 Å². The predicted molar refractivity (Wildman–Crippen MR) is 83.6 cm³/mol. The third-order valence-corrected chi connectivity index (χ3v) is 4.41. The van der Waals surface area contributed by atoms with Gasteiger partial charge in [0.15, 0.2) is 0 Å². The van der Waals surface area contributed by atoms with Crippen LogP contribution in [0.1, 0.15) is 33.1 Å². The SMILES string of the molecule is CC(C)Oc1ccc(N2CCN3CCCCC3C2)cc1. The molecule has 1 aromatic rings. The van der Waals surface area contributed by atoms with Gasteiger partial charge in [-0.05, 0) is 57.5 Å². The van der Waals surface area contributed by atoms with Crippen LogP contribution in [0.15, 0.2) is 24.3 Å². The molecule has 2 aliphatic heterocycles. The Morgan fingerprint density at radius 3 is 2.60 bits per heavy atom. The lowest BCUT2D eigenvalue weighted by atomic mass is 9.99. The van der Waals surface area contributed by atoms with E-state index in [1.165, 1.54) is 44.6 Å². The van der Waals surface area contributed by atoms with Crippen molar-refractivity contribution in [2.24, 2.45) is 0 Å². The maximum absolute atomic E-state index is 5.72. The summed E-state index contributed by atoms with van der Waals surface area (Å²) in [4.78, 5) is 5.21. The summed E-state index contributed by atoms with van der Waals surface area (Å²) in [7, 11) is 0. The van der Waals surface area contributed by atoms with Crippen LogP contribution in [0.5, 0.6) is 5.75 Å². The van der Waals surface area contributed by atoms with Crippen molar-refractivity contribution in [1.29, 1.82) is 0 Å².